The topological polar surface area (TPSA) is 9.23 Å². The van der Waals surface area contributed by atoms with Crippen molar-refractivity contribution in [2.24, 2.45) is 5.92 Å². The van der Waals surface area contributed by atoms with Crippen molar-refractivity contribution in [3.05, 3.63) is 0 Å². The summed E-state index contributed by atoms with van der Waals surface area (Å²) in [4.78, 5) is 0. The first-order chi connectivity index (χ1) is 4.83. The van der Waals surface area contributed by atoms with Crippen LogP contribution in [0.3, 0.4) is 0 Å². The van der Waals surface area contributed by atoms with Crippen molar-refractivity contribution in [2.45, 2.75) is 46.1 Å². The Kier molecular flexibility index (Phi) is 5.70. The summed E-state index contributed by atoms with van der Waals surface area (Å²) in [6, 6.07) is 0. The molecule has 1 aliphatic rings. The molecule has 0 bridgehead atoms. The summed E-state index contributed by atoms with van der Waals surface area (Å²) >= 11 is 0. The highest BCUT2D eigenvalue weighted by Crippen LogP contribution is 2.26. The number of hydrogen-bond acceptors (Lipinski definition) is 1. The van der Waals surface area contributed by atoms with Gasteiger partial charge in [-0.1, -0.05) is 20.8 Å². The molecule has 0 amide bonds. The highest BCUT2D eigenvalue weighted by atomic mass is 16.5. The third-order valence-corrected chi connectivity index (χ3v) is 1.98. The first-order valence-electron chi connectivity index (χ1n) is 4.35. The molecule has 62 valence electrons. The van der Waals surface area contributed by atoms with E-state index in [1.807, 2.05) is 21.0 Å². The van der Waals surface area contributed by atoms with Crippen molar-refractivity contribution in [1.29, 1.82) is 0 Å². The van der Waals surface area contributed by atoms with Crippen LogP contribution in [0.5, 0.6) is 0 Å². The van der Waals surface area contributed by atoms with Crippen LogP contribution in [0.4, 0.5) is 0 Å². The van der Waals surface area contributed by atoms with Gasteiger partial charge in [0.1, 0.15) is 0 Å². The van der Waals surface area contributed by atoms with Crippen LogP contribution in [-0.2, 0) is 4.74 Å². The van der Waals surface area contributed by atoms with E-state index in [4.69, 9.17) is 4.74 Å². The van der Waals surface area contributed by atoms with Gasteiger partial charge in [0.05, 0.1) is 6.10 Å². The summed E-state index contributed by atoms with van der Waals surface area (Å²) in [7, 11) is 1.81. The van der Waals surface area contributed by atoms with Gasteiger partial charge in [-0.3, -0.25) is 0 Å². The molecule has 2 atom stereocenters. The molecule has 2 unspecified atom stereocenters. The molecule has 1 heteroatoms. The van der Waals surface area contributed by atoms with E-state index < -0.39 is 0 Å². The Morgan fingerprint density at radius 3 is 2.00 bits per heavy atom. The number of methoxy groups -OCH3 is 1. The molecule has 1 rings (SSSR count). The Morgan fingerprint density at radius 1 is 1.20 bits per heavy atom. The van der Waals surface area contributed by atoms with Crippen LogP contribution in [0.2, 0.25) is 0 Å². The van der Waals surface area contributed by atoms with Crippen molar-refractivity contribution < 1.29 is 4.74 Å². The van der Waals surface area contributed by atoms with E-state index in [9.17, 15) is 0 Å². The maximum Gasteiger partial charge on any atom is 0.0574 e. The van der Waals surface area contributed by atoms with E-state index in [1.54, 1.807) is 0 Å². The van der Waals surface area contributed by atoms with E-state index in [1.165, 1.54) is 19.3 Å². The highest BCUT2D eigenvalue weighted by molar-refractivity contribution is 4.71. The molecule has 1 nitrogen and oxygen atoms in total. The van der Waals surface area contributed by atoms with E-state index in [-0.39, 0.29) is 0 Å². The van der Waals surface area contributed by atoms with Crippen LogP contribution in [0, 0.1) is 5.92 Å². The first-order valence-corrected chi connectivity index (χ1v) is 4.35. The molecule has 0 aromatic heterocycles. The van der Waals surface area contributed by atoms with E-state index >= 15 is 0 Å². The van der Waals surface area contributed by atoms with Crippen molar-refractivity contribution in [2.75, 3.05) is 7.11 Å². The summed E-state index contributed by atoms with van der Waals surface area (Å²) in [5.74, 6) is 0.903. The van der Waals surface area contributed by atoms with Gasteiger partial charge in [-0.05, 0) is 25.2 Å². The lowest BCUT2D eigenvalue weighted by atomic mass is 10.1. The summed E-state index contributed by atoms with van der Waals surface area (Å²) < 4.78 is 5.18. The van der Waals surface area contributed by atoms with E-state index in [2.05, 4.69) is 6.92 Å². The molecule has 0 radical (unpaired) electrons. The lowest BCUT2D eigenvalue weighted by molar-refractivity contribution is 0.106. The predicted octanol–water partition coefficient (Wildman–Crippen LogP) is 2.85. The summed E-state index contributed by atoms with van der Waals surface area (Å²) in [5, 5.41) is 0. The van der Waals surface area contributed by atoms with Crippen LogP contribution >= 0.6 is 0 Å². The van der Waals surface area contributed by atoms with Gasteiger partial charge >= 0.3 is 0 Å². The van der Waals surface area contributed by atoms with Crippen molar-refractivity contribution in [3.63, 3.8) is 0 Å². The molecule has 1 fully saturated rings. The van der Waals surface area contributed by atoms with Crippen molar-refractivity contribution in [1.82, 2.24) is 0 Å². The van der Waals surface area contributed by atoms with Crippen LogP contribution in [-0.4, -0.2) is 13.2 Å². The van der Waals surface area contributed by atoms with Crippen LogP contribution < -0.4 is 0 Å². The minimum absolute atomic E-state index is 0.574. The fourth-order valence-corrected chi connectivity index (χ4v) is 1.37. The summed E-state index contributed by atoms with van der Waals surface area (Å²) in [5.41, 5.74) is 0. The summed E-state index contributed by atoms with van der Waals surface area (Å²) in [6.45, 7) is 6.29. The smallest absolute Gasteiger partial charge is 0.0574 e. The minimum atomic E-state index is 0.574. The quantitative estimate of drug-likeness (QED) is 0.550. The van der Waals surface area contributed by atoms with Gasteiger partial charge < -0.3 is 4.74 Å². The third kappa shape index (κ3) is 3.21. The first kappa shape index (κ1) is 9.96. The molecule has 0 aromatic carbocycles. The van der Waals surface area contributed by atoms with Gasteiger partial charge in [-0.25, -0.2) is 0 Å². The fourth-order valence-electron chi connectivity index (χ4n) is 1.37. The monoisotopic (exact) mass is 144 g/mol. The maximum atomic E-state index is 5.18. The van der Waals surface area contributed by atoms with Crippen LogP contribution in [0.15, 0.2) is 0 Å². The van der Waals surface area contributed by atoms with E-state index in [0.29, 0.717) is 6.10 Å². The molecule has 0 heterocycles. The second-order valence-electron chi connectivity index (χ2n) is 2.78. The second-order valence-corrected chi connectivity index (χ2v) is 2.78. The molecular weight excluding hydrogens is 124 g/mol. The Morgan fingerprint density at radius 2 is 1.80 bits per heavy atom. The molecule has 0 aliphatic heterocycles. The number of ether oxygens (including phenoxy) is 1. The van der Waals surface area contributed by atoms with Crippen molar-refractivity contribution in [3.8, 4) is 0 Å². The van der Waals surface area contributed by atoms with Gasteiger partial charge in [-0.2, -0.15) is 0 Å². The van der Waals surface area contributed by atoms with Gasteiger partial charge in [-0.15, -0.1) is 0 Å². The number of hydrogen-bond donors (Lipinski definition) is 0. The molecule has 0 aromatic rings. The van der Waals surface area contributed by atoms with Gasteiger partial charge in [0.2, 0.25) is 0 Å². The van der Waals surface area contributed by atoms with E-state index in [0.717, 1.165) is 5.92 Å². The SMILES string of the molecule is CC.COC1CCC(C)C1. The standard InChI is InChI=1S/C7H14O.C2H6/c1-6-3-4-7(5-6)8-2;1-2/h6-7H,3-5H2,1-2H3;1-2H3. The molecule has 1 aliphatic carbocycles. The van der Waals surface area contributed by atoms with Crippen LogP contribution in [0.1, 0.15) is 40.0 Å². The van der Waals surface area contributed by atoms with Crippen LogP contribution in [0.25, 0.3) is 0 Å². The Balaban J connectivity index is 0.000000371. The average Bonchev–Trinajstić information content (AvgIpc) is 2.40. The Bertz CT molecular complexity index is 71.1. The van der Waals surface area contributed by atoms with Gasteiger partial charge in [0, 0.05) is 7.11 Å². The predicted molar refractivity (Wildman–Crippen MR) is 45.2 cm³/mol. The van der Waals surface area contributed by atoms with Gasteiger partial charge in [0.15, 0.2) is 0 Å². The molecule has 0 spiro atoms. The largest absolute Gasteiger partial charge is 0.381 e. The average molecular weight is 144 g/mol. The fraction of sp³-hybridized carbons (Fsp3) is 1.00. The molecular formula is C9H20O. The highest BCUT2D eigenvalue weighted by Gasteiger charge is 2.19. The molecule has 10 heavy (non-hydrogen) atoms. The Labute approximate surface area is 64.8 Å². The van der Waals surface area contributed by atoms with Crippen molar-refractivity contribution >= 4 is 0 Å². The molecule has 0 saturated heterocycles. The lowest BCUT2D eigenvalue weighted by Crippen LogP contribution is -2.03. The van der Waals surface area contributed by atoms with Gasteiger partial charge in [0.25, 0.3) is 0 Å². The normalized spacial score (nSPS) is 31.2. The minimum Gasteiger partial charge on any atom is -0.381 e. The zero-order chi connectivity index (χ0) is 7.98. The molecule has 0 N–H and O–H groups in total. The maximum absolute atomic E-state index is 5.18. The zero-order valence-corrected chi connectivity index (χ0v) is 7.68. The third-order valence-electron chi connectivity index (χ3n) is 1.98. The zero-order valence-electron chi connectivity index (χ0n) is 7.68. The number of rotatable bonds is 1. The second kappa shape index (κ2) is 5.72. The molecule has 1 saturated carbocycles. The Hall–Kier alpha value is -0.0400. The summed E-state index contributed by atoms with van der Waals surface area (Å²) in [6.07, 6.45) is 4.48. The lowest BCUT2D eigenvalue weighted by Gasteiger charge is -2.04.